The Bertz CT molecular complexity index is 430. The number of hydrogen-bond donors (Lipinski definition) is 2. The van der Waals surface area contributed by atoms with Gasteiger partial charge in [0.1, 0.15) is 5.66 Å². The lowest BCUT2D eigenvalue weighted by molar-refractivity contribution is -0.274. The molecule has 4 nitrogen and oxygen atoms in total. The van der Waals surface area contributed by atoms with E-state index in [0.29, 0.717) is 0 Å². The van der Waals surface area contributed by atoms with Crippen LogP contribution in [0.5, 0.6) is 0 Å². The van der Waals surface area contributed by atoms with Crippen molar-refractivity contribution in [1.82, 2.24) is 10.1 Å². The first-order chi connectivity index (χ1) is 14.1. The first-order valence-corrected chi connectivity index (χ1v) is 13.1. The Morgan fingerprint density at radius 3 is 1.03 bits per heavy atom. The van der Waals surface area contributed by atoms with E-state index in [1.165, 1.54) is 106 Å². The predicted molar refractivity (Wildman–Crippen MR) is 128 cm³/mol. The molecular weight excluding hydrogens is 372 g/mol. The normalized spacial score (nSPS) is 20.8. The Hall–Kier alpha value is -0.160. The van der Waals surface area contributed by atoms with Gasteiger partial charge < -0.3 is 10.4 Å². The lowest BCUT2D eigenvalue weighted by Crippen LogP contribution is -2.52. The molecule has 2 N–H and O–H groups in total. The molecule has 0 atom stereocenters. The summed E-state index contributed by atoms with van der Waals surface area (Å²) < 4.78 is 0. The smallest absolute Gasteiger partial charge is 0.119 e. The largest absolute Gasteiger partial charge is 0.312 e. The molecule has 4 heteroatoms. The number of hydrogen-bond acceptors (Lipinski definition) is 4. The minimum atomic E-state index is -0.705. The molecule has 0 unspecified atom stereocenters. The first kappa shape index (κ1) is 27.9. The monoisotopic (exact) mass is 426 g/mol. The van der Waals surface area contributed by atoms with Crippen LogP contribution in [-0.2, 0) is 0 Å². The van der Waals surface area contributed by atoms with Crippen LogP contribution >= 0.6 is 0 Å². The van der Waals surface area contributed by atoms with E-state index in [0.717, 1.165) is 12.8 Å². The predicted octanol–water partition coefficient (Wildman–Crippen LogP) is 8.31. The van der Waals surface area contributed by atoms with Crippen molar-refractivity contribution in [2.45, 2.75) is 167 Å². The molecule has 0 spiro atoms. The zero-order chi connectivity index (χ0) is 22.7. The van der Waals surface area contributed by atoms with Gasteiger partial charge in [0.15, 0.2) is 0 Å². The van der Waals surface area contributed by atoms with Crippen LogP contribution in [0.1, 0.15) is 151 Å². The number of hydroxylamine groups is 4. The van der Waals surface area contributed by atoms with Gasteiger partial charge >= 0.3 is 0 Å². The van der Waals surface area contributed by atoms with E-state index in [1.807, 2.05) is 34.6 Å². The molecule has 1 rings (SSSR count). The third-order valence-corrected chi connectivity index (χ3v) is 7.97. The van der Waals surface area contributed by atoms with Gasteiger partial charge in [-0.1, -0.05) is 110 Å². The highest BCUT2D eigenvalue weighted by Gasteiger charge is 2.63. The van der Waals surface area contributed by atoms with Crippen LogP contribution in [0.25, 0.3) is 0 Å². The van der Waals surface area contributed by atoms with Crippen LogP contribution in [0.2, 0.25) is 0 Å². The maximum atomic E-state index is 10.7. The molecule has 30 heavy (non-hydrogen) atoms. The number of unbranched alkanes of at least 4 members (excludes halogenated alkanes) is 15. The zero-order valence-corrected chi connectivity index (χ0v) is 21.3. The summed E-state index contributed by atoms with van der Waals surface area (Å²) in [4.78, 5) is 0. The summed E-state index contributed by atoms with van der Waals surface area (Å²) in [5.41, 5.74) is -1.69. The maximum absolute atomic E-state index is 10.7. The number of nitrogens with zero attached hydrogens (tertiary/aromatic N) is 2. The summed E-state index contributed by atoms with van der Waals surface area (Å²) >= 11 is 0. The van der Waals surface area contributed by atoms with Crippen LogP contribution in [0, 0.1) is 0 Å². The van der Waals surface area contributed by atoms with E-state index in [9.17, 15) is 10.4 Å². The third-order valence-electron chi connectivity index (χ3n) is 7.97. The number of rotatable bonds is 17. The molecule has 1 fully saturated rings. The summed E-state index contributed by atoms with van der Waals surface area (Å²) in [6, 6.07) is 0. The van der Waals surface area contributed by atoms with Crippen molar-refractivity contribution in [3.05, 3.63) is 0 Å². The van der Waals surface area contributed by atoms with Gasteiger partial charge in [-0.15, -0.1) is 0 Å². The topological polar surface area (TPSA) is 46.9 Å². The summed E-state index contributed by atoms with van der Waals surface area (Å²) in [5.74, 6) is 0. The highest BCUT2D eigenvalue weighted by Crippen LogP contribution is 2.48. The van der Waals surface area contributed by atoms with Gasteiger partial charge in [-0.05, 0) is 41.0 Å². The fourth-order valence-corrected chi connectivity index (χ4v) is 5.03. The van der Waals surface area contributed by atoms with Crippen LogP contribution in [0.4, 0.5) is 0 Å². The van der Waals surface area contributed by atoms with E-state index in [-0.39, 0.29) is 0 Å². The molecule has 0 amide bonds. The first-order valence-electron chi connectivity index (χ1n) is 13.1. The van der Waals surface area contributed by atoms with Gasteiger partial charge in [0.25, 0.3) is 0 Å². The van der Waals surface area contributed by atoms with E-state index in [4.69, 9.17) is 0 Å². The Labute approximate surface area is 188 Å². The Balaban J connectivity index is 2.00. The summed E-state index contributed by atoms with van der Waals surface area (Å²) in [7, 11) is 0. The van der Waals surface area contributed by atoms with Gasteiger partial charge in [-0.2, -0.15) is 10.1 Å². The molecular formula is C26H54N2O2. The van der Waals surface area contributed by atoms with E-state index in [2.05, 4.69) is 6.92 Å². The van der Waals surface area contributed by atoms with Crippen LogP contribution in [0.3, 0.4) is 0 Å². The molecule has 0 aromatic carbocycles. The summed E-state index contributed by atoms with van der Waals surface area (Å²) in [5, 5.41) is 24.2. The molecule has 0 aliphatic carbocycles. The zero-order valence-electron chi connectivity index (χ0n) is 21.3. The molecule has 0 aromatic rings. The summed E-state index contributed by atoms with van der Waals surface area (Å²) in [6.07, 6.45) is 22.5. The Kier molecular flexibility index (Phi) is 12.5. The third kappa shape index (κ3) is 7.46. The molecule has 1 aliphatic heterocycles. The van der Waals surface area contributed by atoms with Crippen molar-refractivity contribution in [3.63, 3.8) is 0 Å². The van der Waals surface area contributed by atoms with Crippen molar-refractivity contribution in [3.8, 4) is 0 Å². The molecule has 1 aliphatic rings. The van der Waals surface area contributed by atoms with Crippen molar-refractivity contribution < 1.29 is 10.4 Å². The minimum absolute atomic E-state index is 0.494. The quantitative estimate of drug-likeness (QED) is 0.230. The van der Waals surface area contributed by atoms with Crippen molar-refractivity contribution in [2.75, 3.05) is 0 Å². The van der Waals surface area contributed by atoms with Gasteiger partial charge in [0, 0.05) is 0 Å². The second kappa shape index (κ2) is 13.4. The van der Waals surface area contributed by atoms with Crippen LogP contribution < -0.4 is 0 Å². The van der Waals surface area contributed by atoms with Gasteiger partial charge in [-0.25, -0.2) is 0 Å². The van der Waals surface area contributed by atoms with Gasteiger partial charge in [0.05, 0.1) is 11.1 Å². The molecule has 1 saturated heterocycles. The molecule has 0 saturated carbocycles. The van der Waals surface area contributed by atoms with Crippen LogP contribution in [-0.4, -0.2) is 37.3 Å². The molecule has 0 radical (unpaired) electrons. The van der Waals surface area contributed by atoms with E-state index in [1.54, 1.807) is 0 Å². The SMILES string of the molecule is CCCCCCCCCCCCCCCCCCC1(C)N(O)C(C)(C)C(C)(C)N1O. The second-order valence-electron chi connectivity index (χ2n) is 11.0. The fourth-order valence-electron chi connectivity index (χ4n) is 5.03. The maximum Gasteiger partial charge on any atom is 0.119 e. The van der Waals surface area contributed by atoms with E-state index < -0.39 is 16.7 Å². The molecule has 180 valence electrons. The lowest BCUT2D eigenvalue weighted by Gasteiger charge is -2.37. The lowest BCUT2D eigenvalue weighted by atomic mass is 9.84. The highest BCUT2D eigenvalue weighted by molar-refractivity contribution is 5.10. The Morgan fingerprint density at radius 2 is 0.733 bits per heavy atom. The standard InChI is InChI=1S/C26H54N2O2/c1-7-8-9-10-11-12-13-14-15-16-17-18-19-20-21-22-23-26(6)27(29)24(2,3)25(4,5)28(26)30/h29-30H,7-23H2,1-6H3. The Morgan fingerprint density at radius 1 is 0.467 bits per heavy atom. The van der Waals surface area contributed by atoms with Crippen LogP contribution in [0.15, 0.2) is 0 Å². The molecule has 0 bridgehead atoms. The average Bonchev–Trinajstić information content (AvgIpc) is 2.79. The fraction of sp³-hybridized carbons (Fsp3) is 1.00. The molecule has 0 aromatic heterocycles. The van der Waals surface area contributed by atoms with Crippen molar-refractivity contribution in [1.29, 1.82) is 0 Å². The highest BCUT2D eigenvalue weighted by atomic mass is 16.6. The second-order valence-corrected chi connectivity index (χ2v) is 11.0. The minimum Gasteiger partial charge on any atom is -0.312 e. The average molecular weight is 427 g/mol. The van der Waals surface area contributed by atoms with Crippen molar-refractivity contribution >= 4 is 0 Å². The van der Waals surface area contributed by atoms with Crippen molar-refractivity contribution in [2.24, 2.45) is 0 Å². The van der Waals surface area contributed by atoms with E-state index >= 15 is 0 Å². The molecule has 1 heterocycles. The summed E-state index contributed by atoms with van der Waals surface area (Å²) in [6.45, 7) is 12.2. The van der Waals surface area contributed by atoms with Gasteiger partial charge in [-0.3, -0.25) is 0 Å². The van der Waals surface area contributed by atoms with Gasteiger partial charge in [0.2, 0.25) is 0 Å².